The van der Waals surface area contributed by atoms with E-state index in [-0.39, 0.29) is 11.8 Å². The van der Waals surface area contributed by atoms with Crippen LogP contribution in [0.1, 0.15) is 39.0 Å². The first kappa shape index (κ1) is 10.2. The summed E-state index contributed by atoms with van der Waals surface area (Å²) in [4.78, 5) is 11.3. The van der Waals surface area contributed by atoms with Crippen molar-refractivity contribution in [3.05, 3.63) is 0 Å². The topological polar surface area (TPSA) is 53.0 Å². The van der Waals surface area contributed by atoms with E-state index in [4.69, 9.17) is 5.41 Å². The molecule has 1 amide bonds. The number of hydrogen-bond acceptors (Lipinski definition) is 2. The predicted molar refractivity (Wildman–Crippen MR) is 53.0 cm³/mol. The second-order valence-corrected chi connectivity index (χ2v) is 3.65. The van der Waals surface area contributed by atoms with Crippen LogP contribution in [-0.2, 0) is 4.79 Å². The molecular formula is C10H18N2O. The first-order valence-corrected chi connectivity index (χ1v) is 5.12. The molecule has 3 heteroatoms. The number of amides is 1. The Morgan fingerprint density at radius 3 is 3.08 bits per heavy atom. The molecule has 0 saturated carbocycles. The highest BCUT2D eigenvalue weighted by atomic mass is 16.1. The molecule has 1 rings (SSSR count). The summed E-state index contributed by atoms with van der Waals surface area (Å²) in [5.41, 5.74) is 0.297. The highest BCUT2D eigenvalue weighted by Crippen LogP contribution is 2.18. The van der Waals surface area contributed by atoms with E-state index in [0.29, 0.717) is 5.71 Å². The Kier molecular flexibility index (Phi) is 3.93. The normalized spacial score (nSPS) is 23.9. The second kappa shape index (κ2) is 5.00. The number of nitrogens with one attached hydrogen (secondary N) is 2. The molecule has 0 radical (unpaired) electrons. The van der Waals surface area contributed by atoms with Crippen molar-refractivity contribution in [2.45, 2.75) is 39.0 Å². The summed E-state index contributed by atoms with van der Waals surface area (Å²) in [5, 5.41) is 10.4. The molecular weight excluding hydrogens is 164 g/mol. The first-order valence-electron chi connectivity index (χ1n) is 5.12. The minimum atomic E-state index is -0.154. The van der Waals surface area contributed by atoms with Crippen LogP contribution >= 0.6 is 0 Å². The third-order valence-electron chi connectivity index (χ3n) is 2.57. The molecule has 0 aliphatic carbocycles. The van der Waals surface area contributed by atoms with E-state index in [2.05, 4.69) is 12.2 Å². The Morgan fingerprint density at radius 1 is 1.62 bits per heavy atom. The highest BCUT2D eigenvalue weighted by Gasteiger charge is 2.22. The average molecular weight is 182 g/mol. The third kappa shape index (κ3) is 2.83. The smallest absolute Gasteiger partial charge is 0.265 e. The summed E-state index contributed by atoms with van der Waals surface area (Å²) >= 11 is 0. The van der Waals surface area contributed by atoms with E-state index >= 15 is 0 Å². The van der Waals surface area contributed by atoms with Gasteiger partial charge in [0, 0.05) is 12.5 Å². The van der Waals surface area contributed by atoms with Crippen molar-refractivity contribution in [2.75, 3.05) is 6.54 Å². The molecule has 0 aromatic carbocycles. The fourth-order valence-corrected chi connectivity index (χ4v) is 1.71. The second-order valence-electron chi connectivity index (χ2n) is 3.65. The Morgan fingerprint density at radius 2 is 2.38 bits per heavy atom. The number of carbonyl (C=O) groups excluding carboxylic acids is 1. The molecule has 2 N–H and O–H groups in total. The number of carbonyl (C=O) groups is 1. The molecule has 1 saturated heterocycles. The number of hydrogen-bond donors (Lipinski definition) is 2. The van der Waals surface area contributed by atoms with E-state index in [9.17, 15) is 4.79 Å². The third-order valence-corrected chi connectivity index (χ3v) is 2.57. The first-order chi connectivity index (χ1) is 6.25. The lowest BCUT2D eigenvalue weighted by atomic mass is 9.93. The van der Waals surface area contributed by atoms with Gasteiger partial charge in [0.15, 0.2) is 0 Å². The van der Waals surface area contributed by atoms with Gasteiger partial charge in [0.1, 0.15) is 0 Å². The zero-order valence-electron chi connectivity index (χ0n) is 8.23. The van der Waals surface area contributed by atoms with E-state index in [1.54, 1.807) is 0 Å². The molecule has 0 bridgehead atoms. The number of rotatable bonds is 3. The lowest BCUT2D eigenvalue weighted by Crippen LogP contribution is -2.31. The molecule has 74 valence electrons. The van der Waals surface area contributed by atoms with Crippen molar-refractivity contribution in [3.8, 4) is 0 Å². The quantitative estimate of drug-likeness (QED) is 0.686. The highest BCUT2D eigenvalue weighted by molar-refractivity contribution is 6.38. The van der Waals surface area contributed by atoms with Gasteiger partial charge in [-0.2, -0.15) is 0 Å². The fourth-order valence-electron chi connectivity index (χ4n) is 1.71. The van der Waals surface area contributed by atoms with Gasteiger partial charge in [0.05, 0.1) is 5.71 Å². The summed E-state index contributed by atoms with van der Waals surface area (Å²) in [5.74, 6) is 0.0565. The van der Waals surface area contributed by atoms with Gasteiger partial charge in [-0.15, -0.1) is 0 Å². The Bertz CT molecular complexity index is 201. The molecule has 0 aromatic heterocycles. The van der Waals surface area contributed by atoms with Crippen molar-refractivity contribution in [1.29, 1.82) is 5.41 Å². The minimum absolute atomic E-state index is 0.154. The lowest BCUT2D eigenvalue weighted by Gasteiger charge is -2.12. The average Bonchev–Trinajstić information content (AvgIpc) is 2.28. The lowest BCUT2D eigenvalue weighted by molar-refractivity contribution is -0.114. The van der Waals surface area contributed by atoms with Gasteiger partial charge in [-0.05, 0) is 19.3 Å². The molecule has 1 aliphatic heterocycles. The monoisotopic (exact) mass is 182 g/mol. The van der Waals surface area contributed by atoms with Crippen LogP contribution in [-0.4, -0.2) is 18.2 Å². The van der Waals surface area contributed by atoms with Gasteiger partial charge >= 0.3 is 0 Å². The SMILES string of the molecule is CCCCC1CCCNC(=O)C1=N. The molecule has 3 nitrogen and oxygen atoms in total. The largest absolute Gasteiger partial charge is 0.351 e. The van der Waals surface area contributed by atoms with Gasteiger partial charge < -0.3 is 5.32 Å². The van der Waals surface area contributed by atoms with Crippen molar-refractivity contribution in [1.82, 2.24) is 5.32 Å². The van der Waals surface area contributed by atoms with Crippen LogP contribution < -0.4 is 5.32 Å². The van der Waals surface area contributed by atoms with E-state index in [0.717, 1.165) is 38.6 Å². The molecule has 1 heterocycles. The standard InChI is InChI=1S/C10H18N2O/c1-2-3-5-8-6-4-7-12-10(13)9(8)11/h8,11H,2-7H2,1H3,(H,12,13). The number of unbranched alkanes of at least 4 members (excludes halogenated alkanes) is 1. The van der Waals surface area contributed by atoms with Crippen LogP contribution in [0.3, 0.4) is 0 Å². The molecule has 0 spiro atoms. The minimum Gasteiger partial charge on any atom is -0.351 e. The van der Waals surface area contributed by atoms with E-state index < -0.39 is 0 Å². The molecule has 1 atom stereocenters. The molecule has 0 aromatic rings. The maximum Gasteiger partial charge on any atom is 0.265 e. The summed E-state index contributed by atoms with van der Waals surface area (Å²) in [6.07, 6.45) is 5.29. The maximum absolute atomic E-state index is 11.3. The van der Waals surface area contributed by atoms with Crippen LogP contribution in [0.5, 0.6) is 0 Å². The molecule has 1 fully saturated rings. The Hall–Kier alpha value is -0.860. The summed E-state index contributed by atoms with van der Waals surface area (Å²) < 4.78 is 0. The van der Waals surface area contributed by atoms with Crippen molar-refractivity contribution < 1.29 is 4.79 Å². The molecule has 1 unspecified atom stereocenters. The van der Waals surface area contributed by atoms with Crippen LogP contribution in [0, 0.1) is 11.3 Å². The van der Waals surface area contributed by atoms with Crippen LogP contribution in [0.25, 0.3) is 0 Å². The van der Waals surface area contributed by atoms with Crippen LogP contribution in [0.15, 0.2) is 0 Å². The maximum atomic E-state index is 11.3. The summed E-state index contributed by atoms with van der Waals surface area (Å²) in [7, 11) is 0. The summed E-state index contributed by atoms with van der Waals surface area (Å²) in [6, 6.07) is 0. The predicted octanol–water partition coefficient (Wildman–Crippen LogP) is 1.72. The Labute approximate surface area is 79.4 Å². The summed E-state index contributed by atoms with van der Waals surface area (Å²) in [6.45, 7) is 2.88. The fraction of sp³-hybridized carbons (Fsp3) is 0.800. The Balaban J connectivity index is 2.49. The van der Waals surface area contributed by atoms with Gasteiger partial charge in [-0.3, -0.25) is 10.2 Å². The van der Waals surface area contributed by atoms with Gasteiger partial charge in [-0.25, -0.2) is 0 Å². The van der Waals surface area contributed by atoms with Crippen LogP contribution in [0.2, 0.25) is 0 Å². The zero-order valence-corrected chi connectivity index (χ0v) is 8.23. The van der Waals surface area contributed by atoms with Gasteiger partial charge in [0.25, 0.3) is 5.91 Å². The van der Waals surface area contributed by atoms with Crippen molar-refractivity contribution >= 4 is 11.6 Å². The van der Waals surface area contributed by atoms with E-state index in [1.807, 2.05) is 0 Å². The van der Waals surface area contributed by atoms with Crippen molar-refractivity contribution in [2.24, 2.45) is 5.92 Å². The molecule has 13 heavy (non-hydrogen) atoms. The van der Waals surface area contributed by atoms with Gasteiger partial charge in [-0.1, -0.05) is 19.8 Å². The van der Waals surface area contributed by atoms with Gasteiger partial charge in [0.2, 0.25) is 0 Å². The molecule has 1 aliphatic rings. The van der Waals surface area contributed by atoms with Crippen molar-refractivity contribution in [3.63, 3.8) is 0 Å². The van der Waals surface area contributed by atoms with Crippen LogP contribution in [0.4, 0.5) is 0 Å². The zero-order chi connectivity index (χ0) is 9.68. The van der Waals surface area contributed by atoms with E-state index in [1.165, 1.54) is 0 Å².